The van der Waals surface area contributed by atoms with Crippen LogP contribution in [0.3, 0.4) is 0 Å². The molecule has 0 heterocycles. The second-order valence-electron chi connectivity index (χ2n) is 3.10. The van der Waals surface area contributed by atoms with Crippen molar-refractivity contribution in [1.82, 2.24) is 0 Å². The van der Waals surface area contributed by atoms with Crippen LogP contribution in [0.5, 0.6) is 0 Å². The SMILES string of the molecule is CCOC(=O)C(CN)c1cccc(Cl)c1. The molecule has 0 aliphatic carbocycles. The second-order valence-corrected chi connectivity index (χ2v) is 3.53. The minimum atomic E-state index is -0.427. The van der Waals surface area contributed by atoms with Crippen LogP contribution in [-0.4, -0.2) is 19.1 Å². The minimum Gasteiger partial charge on any atom is -0.465 e. The molecule has 0 aliphatic rings. The van der Waals surface area contributed by atoms with Gasteiger partial charge in [0.05, 0.1) is 12.5 Å². The summed E-state index contributed by atoms with van der Waals surface area (Å²) in [4.78, 5) is 11.5. The molecule has 0 bridgehead atoms. The van der Waals surface area contributed by atoms with Crippen LogP contribution in [0.1, 0.15) is 18.4 Å². The van der Waals surface area contributed by atoms with E-state index in [9.17, 15) is 4.79 Å². The predicted molar refractivity (Wildman–Crippen MR) is 59.9 cm³/mol. The number of rotatable bonds is 4. The van der Waals surface area contributed by atoms with Crippen molar-refractivity contribution in [3.63, 3.8) is 0 Å². The molecule has 82 valence electrons. The smallest absolute Gasteiger partial charge is 0.314 e. The zero-order valence-corrected chi connectivity index (χ0v) is 9.33. The van der Waals surface area contributed by atoms with Gasteiger partial charge in [-0.05, 0) is 24.6 Å². The summed E-state index contributed by atoms with van der Waals surface area (Å²) in [6, 6.07) is 7.10. The average molecular weight is 228 g/mol. The third-order valence-corrected chi connectivity index (χ3v) is 2.29. The standard InChI is InChI=1S/C11H14ClNO2/c1-2-15-11(14)10(7-13)8-4-3-5-9(12)6-8/h3-6,10H,2,7,13H2,1H3. The van der Waals surface area contributed by atoms with Crippen LogP contribution in [0.2, 0.25) is 5.02 Å². The Kier molecular flexibility index (Phi) is 4.59. The fraction of sp³-hybridized carbons (Fsp3) is 0.364. The molecule has 0 aliphatic heterocycles. The van der Waals surface area contributed by atoms with Crippen molar-refractivity contribution in [1.29, 1.82) is 0 Å². The summed E-state index contributed by atoms with van der Waals surface area (Å²) in [7, 11) is 0. The van der Waals surface area contributed by atoms with E-state index in [-0.39, 0.29) is 12.5 Å². The zero-order valence-electron chi connectivity index (χ0n) is 8.57. The minimum absolute atomic E-state index is 0.221. The largest absolute Gasteiger partial charge is 0.465 e. The van der Waals surface area contributed by atoms with Gasteiger partial charge >= 0.3 is 5.97 Å². The molecule has 0 amide bonds. The van der Waals surface area contributed by atoms with E-state index in [0.717, 1.165) is 5.56 Å². The molecule has 1 rings (SSSR count). The molecule has 1 unspecified atom stereocenters. The zero-order chi connectivity index (χ0) is 11.3. The number of esters is 1. The number of nitrogens with two attached hydrogens (primary N) is 1. The molecule has 3 nitrogen and oxygen atoms in total. The van der Waals surface area contributed by atoms with Crippen LogP contribution < -0.4 is 5.73 Å². The first-order chi connectivity index (χ1) is 7.19. The van der Waals surface area contributed by atoms with Crippen molar-refractivity contribution in [2.24, 2.45) is 5.73 Å². The van der Waals surface area contributed by atoms with Crippen LogP contribution >= 0.6 is 11.6 Å². The summed E-state index contributed by atoms with van der Waals surface area (Å²) < 4.78 is 4.93. The third-order valence-electron chi connectivity index (χ3n) is 2.06. The maximum absolute atomic E-state index is 11.5. The molecule has 0 spiro atoms. The van der Waals surface area contributed by atoms with E-state index in [4.69, 9.17) is 22.1 Å². The number of ether oxygens (including phenoxy) is 1. The lowest BCUT2D eigenvalue weighted by molar-refractivity contribution is -0.144. The highest BCUT2D eigenvalue weighted by molar-refractivity contribution is 6.30. The lowest BCUT2D eigenvalue weighted by atomic mass is 10.00. The number of benzene rings is 1. The number of hydrogen-bond acceptors (Lipinski definition) is 3. The van der Waals surface area contributed by atoms with Crippen molar-refractivity contribution in [2.75, 3.05) is 13.2 Å². The Morgan fingerprint density at radius 1 is 1.60 bits per heavy atom. The normalized spacial score (nSPS) is 12.2. The molecular weight excluding hydrogens is 214 g/mol. The fourth-order valence-electron chi connectivity index (χ4n) is 1.33. The molecule has 2 N–H and O–H groups in total. The van der Waals surface area contributed by atoms with Crippen LogP contribution in [0.4, 0.5) is 0 Å². The number of carbonyl (C=O) groups is 1. The van der Waals surface area contributed by atoms with Gasteiger partial charge in [0.2, 0.25) is 0 Å². The first-order valence-electron chi connectivity index (χ1n) is 4.81. The summed E-state index contributed by atoms with van der Waals surface area (Å²) in [6.45, 7) is 2.35. The van der Waals surface area contributed by atoms with Gasteiger partial charge in [0.15, 0.2) is 0 Å². The van der Waals surface area contributed by atoms with Crippen molar-refractivity contribution in [3.8, 4) is 0 Å². The molecule has 1 aromatic rings. The van der Waals surface area contributed by atoms with Gasteiger partial charge in [-0.15, -0.1) is 0 Å². The summed E-state index contributed by atoms with van der Waals surface area (Å²) in [5.74, 6) is -0.731. The monoisotopic (exact) mass is 227 g/mol. The molecule has 1 atom stereocenters. The second kappa shape index (κ2) is 5.73. The Hall–Kier alpha value is -1.06. The average Bonchev–Trinajstić information content (AvgIpc) is 2.19. The highest BCUT2D eigenvalue weighted by atomic mass is 35.5. The van der Waals surface area contributed by atoms with Gasteiger partial charge in [0, 0.05) is 11.6 Å². The van der Waals surface area contributed by atoms with Gasteiger partial charge < -0.3 is 10.5 Å². The van der Waals surface area contributed by atoms with E-state index in [1.165, 1.54) is 0 Å². The summed E-state index contributed by atoms with van der Waals surface area (Å²) in [5.41, 5.74) is 6.34. The number of hydrogen-bond donors (Lipinski definition) is 1. The Morgan fingerprint density at radius 2 is 2.33 bits per heavy atom. The first-order valence-corrected chi connectivity index (χ1v) is 5.19. The molecule has 0 fully saturated rings. The Labute approximate surface area is 94.2 Å². The van der Waals surface area contributed by atoms with Crippen molar-refractivity contribution >= 4 is 17.6 Å². The van der Waals surface area contributed by atoms with Crippen molar-refractivity contribution in [2.45, 2.75) is 12.8 Å². The fourth-order valence-corrected chi connectivity index (χ4v) is 1.53. The van der Waals surface area contributed by atoms with Crippen molar-refractivity contribution < 1.29 is 9.53 Å². The molecular formula is C11H14ClNO2. The summed E-state index contributed by atoms with van der Waals surface area (Å²) in [6.07, 6.45) is 0. The van der Waals surface area contributed by atoms with Gasteiger partial charge in [-0.3, -0.25) is 4.79 Å². The highest BCUT2D eigenvalue weighted by Gasteiger charge is 2.20. The van der Waals surface area contributed by atoms with E-state index >= 15 is 0 Å². The van der Waals surface area contributed by atoms with Crippen LogP contribution in [0, 0.1) is 0 Å². The number of carbonyl (C=O) groups excluding carboxylic acids is 1. The van der Waals surface area contributed by atoms with Crippen LogP contribution in [-0.2, 0) is 9.53 Å². The van der Waals surface area contributed by atoms with Gasteiger partial charge in [0.25, 0.3) is 0 Å². The summed E-state index contributed by atoms with van der Waals surface area (Å²) in [5, 5.41) is 0.593. The quantitative estimate of drug-likeness (QED) is 0.800. The summed E-state index contributed by atoms with van der Waals surface area (Å²) >= 11 is 5.83. The molecule has 0 aromatic heterocycles. The van der Waals surface area contributed by atoms with E-state index in [2.05, 4.69) is 0 Å². The topological polar surface area (TPSA) is 52.3 Å². The molecule has 4 heteroatoms. The Bertz CT molecular complexity index is 341. The van der Waals surface area contributed by atoms with Gasteiger partial charge in [-0.1, -0.05) is 23.7 Å². The van der Waals surface area contributed by atoms with Gasteiger partial charge in [-0.2, -0.15) is 0 Å². The van der Waals surface area contributed by atoms with Crippen LogP contribution in [0.25, 0.3) is 0 Å². The van der Waals surface area contributed by atoms with E-state index in [1.54, 1.807) is 25.1 Å². The van der Waals surface area contributed by atoms with E-state index in [0.29, 0.717) is 11.6 Å². The Balaban J connectivity index is 2.87. The molecule has 15 heavy (non-hydrogen) atoms. The third kappa shape index (κ3) is 3.22. The maximum atomic E-state index is 11.5. The van der Waals surface area contributed by atoms with Crippen molar-refractivity contribution in [3.05, 3.63) is 34.9 Å². The highest BCUT2D eigenvalue weighted by Crippen LogP contribution is 2.20. The predicted octanol–water partition coefficient (Wildman–Crippen LogP) is 1.95. The number of halogens is 1. The van der Waals surface area contributed by atoms with Crippen LogP contribution in [0.15, 0.2) is 24.3 Å². The molecule has 0 radical (unpaired) electrons. The lowest BCUT2D eigenvalue weighted by Gasteiger charge is -2.13. The molecule has 1 aromatic carbocycles. The Morgan fingerprint density at radius 3 is 2.87 bits per heavy atom. The maximum Gasteiger partial charge on any atom is 0.314 e. The van der Waals surface area contributed by atoms with Gasteiger partial charge in [0.1, 0.15) is 0 Å². The molecule has 0 saturated carbocycles. The lowest BCUT2D eigenvalue weighted by Crippen LogP contribution is -2.23. The van der Waals surface area contributed by atoms with Gasteiger partial charge in [-0.25, -0.2) is 0 Å². The van der Waals surface area contributed by atoms with E-state index in [1.807, 2.05) is 6.07 Å². The molecule has 0 saturated heterocycles. The van der Waals surface area contributed by atoms with E-state index < -0.39 is 5.92 Å². The first kappa shape index (κ1) is 12.0.